The Hall–Kier alpha value is -2.69. The van der Waals surface area contributed by atoms with E-state index < -0.39 is 0 Å². The minimum Gasteiger partial charge on any atom is -0.346 e. The third-order valence-corrected chi connectivity index (χ3v) is 9.77. The average molecular weight is 700 g/mol. The minimum absolute atomic E-state index is 0.141. The topological polar surface area (TPSA) is 76.1 Å². The van der Waals surface area contributed by atoms with Crippen molar-refractivity contribution >= 4 is 68.8 Å². The number of ether oxygens (including phenoxy) is 2. The van der Waals surface area contributed by atoms with Crippen LogP contribution in [0.1, 0.15) is 59.0 Å². The number of fused-ring (bicyclic) bond motifs is 2. The van der Waals surface area contributed by atoms with Crippen molar-refractivity contribution < 1.29 is 23.9 Å². The van der Waals surface area contributed by atoms with Crippen molar-refractivity contribution in [1.29, 1.82) is 0 Å². The molecule has 3 aromatic carbocycles. The Morgan fingerprint density at radius 3 is 2.09 bits per heavy atom. The molecule has 10 heteroatoms. The number of halogens is 2. The summed E-state index contributed by atoms with van der Waals surface area (Å²) >= 11 is 11.1. The van der Waals surface area contributed by atoms with E-state index in [0.29, 0.717) is 44.6 Å². The number of hydrogen-bond donors (Lipinski definition) is 0. The van der Waals surface area contributed by atoms with E-state index in [1.165, 1.54) is 10.5 Å². The lowest BCUT2D eigenvalue weighted by Crippen LogP contribution is -2.36. The van der Waals surface area contributed by atoms with E-state index in [1.54, 1.807) is 11.8 Å². The summed E-state index contributed by atoms with van der Waals surface area (Å²) in [4.78, 5) is 40.5. The van der Waals surface area contributed by atoms with Crippen LogP contribution in [0, 0.1) is 0 Å². The number of alkyl halides is 1. The van der Waals surface area contributed by atoms with E-state index >= 15 is 0 Å². The summed E-state index contributed by atoms with van der Waals surface area (Å²) in [7, 11) is 0. The number of aldehydes is 1. The fraction of sp³-hybridized carbons (Fsp3) is 0.382. The maximum atomic E-state index is 12.3. The summed E-state index contributed by atoms with van der Waals surface area (Å²) in [6.45, 7) is 2.71. The molecule has 1 fully saturated rings. The molecule has 3 heterocycles. The third kappa shape index (κ3) is 7.93. The molecule has 3 aliphatic heterocycles. The zero-order valence-corrected chi connectivity index (χ0v) is 27.7. The number of rotatable bonds is 10. The highest BCUT2D eigenvalue weighted by Gasteiger charge is 2.29. The van der Waals surface area contributed by atoms with Gasteiger partial charge in [-0.05, 0) is 79.0 Å². The molecule has 44 heavy (non-hydrogen) atoms. The van der Waals surface area contributed by atoms with Crippen molar-refractivity contribution in [2.75, 3.05) is 47.2 Å². The molecule has 3 aromatic rings. The Morgan fingerprint density at radius 1 is 0.818 bits per heavy atom. The van der Waals surface area contributed by atoms with Gasteiger partial charge in [-0.25, -0.2) is 0 Å². The zero-order chi connectivity index (χ0) is 30.9. The number of carbonyl (C=O) groups excluding carboxylic acids is 3. The first-order valence-electron chi connectivity index (χ1n) is 15.0. The molecule has 7 nitrogen and oxygen atoms in total. The normalized spacial score (nSPS) is 16.3. The Bertz CT molecular complexity index is 1460. The van der Waals surface area contributed by atoms with Crippen LogP contribution >= 0.6 is 39.3 Å². The van der Waals surface area contributed by atoms with Crippen LogP contribution in [0.15, 0.2) is 65.6 Å². The molecule has 6 rings (SSSR count). The molecule has 0 aliphatic carbocycles. The van der Waals surface area contributed by atoms with Crippen LogP contribution in [0.5, 0.6) is 0 Å². The summed E-state index contributed by atoms with van der Waals surface area (Å²) in [6.07, 6.45) is 4.92. The van der Waals surface area contributed by atoms with Crippen LogP contribution in [-0.4, -0.2) is 55.5 Å². The molecule has 3 aliphatic rings. The van der Waals surface area contributed by atoms with Crippen LogP contribution in [0.3, 0.4) is 0 Å². The molecule has 0 atom stereocenters. The van der Waals surface area contributed by atoms with Gasteiger partial charge in [-0.1, -0.05) is 51.8 Å². The van der Waals surface area contributed by atoms with Crippen LogP contribution in [0.2, 0.25) is 5.02 Å². The van der Waals surface area contributed by atoms with Gasteiger partial charge in [0, 0.05) is 63.7 Å². The van der Waals surface area contributed by atoms with Gasteiger partial charge in [0.15, 0.2) is 6.29 Å². The van der Waals surface area contributed by atoms with Crippen molar-refractivity contribution in [2.24, 2.45) is 0 Å². The molecule has 1 saturated heterocycles. The number of benzene rings is 3. The van der Waals surface area contributed by atoms with Gasteiger partial charge in [-0.15, -0.1) is 11.8 Å². The van der Waals surface area contributed by atoms with Crippen molar-refractivity contribution in [2.45, 2.75) is 49.7 Å². The molecule has 0 N–H and O–H groups in total. The number of amides is 2. The fourth-order valence-corrected chi connectivity index (χ4v) is 6.97. The van der Waals surface area contributed by atoms with Crippen molar-refractivity contribution in [3.8, 4) is 0 Å². The largest absolute Gasteiger partial charge is 0.346 e. The quantitative estimate of drug-likeness (QED) is 0.0950. The molecule has 0 radical (unpaired) electrons. The second kappa shape index (κ2) is 16.0. The van der Waals surface area contributed by atoms with Gasteiger partial charge in [-0.2, -0.15) is 0 Å². The molecular weight excluding hydrogens is 664 g/mol. The lowest BCUT2D eigenvalue weighted by Gasteiger charge is -2.31. The van der Waals surface area contributed by atoms with Crippen LogP contribution in [0.4, 0.5) is 11.4 Å². The first-order chi connectivity index (χ1) is 21.5. The van der Waals surface area contributed by atoms with Crippen molar-refractivity contribution in [3.05, 3.63) is 87.9 Å². The highest BCUT2D eigenvalue weighted by molar-refractivity contribution is 9.09. The summed E-state index contributed by atoms with van der Waals surface area (Å²) < 4.78 is 11.2. The van der Waals surface area contributed by atoms with Gasteiger partial charge in [0.1, 0.15) is 6.29 Å². The maximum absolute atomic E-state index is 12.3. The molecule has 2 amide bonds. The number of hydrogen-bond acceptors (Lipinski definition) is 6. The van der Waals surface area contributed by atoms with E-state index in [2.05, 4.69) is 15.9 Å². The number of nitrogens with zero attached hydrogens (tertiary/aromatic N) is 2. The van der Waals surface area contributed by atoms with E-state index in [-0.39, 0.29) is 18.1 Å². The van der Waals surface area contributed by atoms with Gasteiger partial charge in [-0.3, -0.25) is 14.4 Å². The van der Waals surface area contributed by atoms with Gasteiger partial charge in [0.2, 0.25) is 11.8 Å². The van der Waals surface area contributed by atoms with E-state index in [9.17, 15) is 14.4 Å². The Balaban J connectivity index is 0.000000177. The second-order valence-corrected chi connectivity index (χ2v) is 13.1. The Kier molecular flexibility index (Phi) is 11.9. The highest BCUT2D eigenvalue weighted by atomic mass is 79.9. The Labute approximate surface area is 276 Å². The molecule has 0 spiro atoms. The first-order valence-corrected chi connectivity index (χ1v) is 17.5. The monoisotopic (exact) mass is 698 g/mol. The number of anilines is 2. The maximum Gasteiger partial charge on any atom is 0.227 e. The molecular formula is C34H36BrClN2O5S. The number of thioether (sulfide) groups is 1. The van der Waals surface area contributed by atoms with Gasteiger partial charge < -0.3 is 19.3 Å². The lowest BCUT2D eigenvalue weighted by molar-refractivity contribution is -0.119. The standard InChI is InChI=1S/C19H18ClNO2S.C15H18BrNO3/c20-15-5-7-16(8-6-15)24-12-2-11-21-18-4-1-3-14(13-22)17(18)9-10-19(21)23;16-7-2-8-17-13-4-1-3-12(15-19-9-10-20-15)11(13)5-6-14(17)18/h1,3-8,13H,2,9-12H2;1,3-4,15H,2,5-10H2. The van der Waals surface area contributed by atoms with Crippen molar-refractivity contribution in [1.82, 2.24) is 0 Å². The van der Waals surface area contributed by atoms with E-state index in [1.807, 2.05) is 70.5 Å². The van der Waals surface area contributed by atoms with E-state index in [4.69, 9.17) is 21.1 Å². The predicted molar refractivity (Wildman–Crippen MR) is 179 cm³/mol. The van der Waals surface area contributed by atoms with E-state index in [0.717, 1.165) is 70.7 Å². The van der Waals surface area contributed by atoms with Gasteiger partial charge >= 0.3 is 0 Å². The zero-order valence-electron chi connectivity index (χ0n) is 24.5. The summed E-state index contributed by atoms with van der Waals surface area (Å²) in [5.74, 6) is 1.28. The van der Waals surface area contributed by atoms with Crippen LogP contribution in [0.25, 0.3) is 0 Å². The van der Waals surface area contributed by atoms with Gasteiger partial charge in [0.25, 0.3) is 0 Å². The summed E-state index contributed by atoms with van der Waals surface area (Å²) in [6, 6.07) is 19.4. The molecule has 0 unspecified atom stereocenters. The third-order valence-electron chi connectivity index (χ3n) is 7.86. The SMILES string of the molecule is O=C1CCc2c(C3OCCO3)cccc2N1CCCBr.O=Cc1cccc2c1CCC(=O)N2CCCSc1ccc(Cl)cc1. The second-order valence-electron chi connectivity index (χ2n) is 10.7. The summed E-state index contributed by atoms with van der Waals surface area (Å²) in [5.41, 5.74) is 5.90. The first kappa shape index (κ1) is 32.7. The van der Waals surface area contributed by atoms with Crippen LogP contribution in [-0.2, 0) is 31.9 Å². The highest BCUT2D eigenvalue weighted by Crippen LogP contribution is 2.36. The van der Waals surface area contributed by atoms with Crippen molar-refractivity contribution in [3.63, 3.8) is 0 Å². The lowest BCUT2D eigenvalue weighted by atomic mass is 9.95. The molecule has 232 valence electrons. The van der Waals surface area contributed by atoms with Crippen LogP contribution < -0.4 is 9.80 Å². The number of carbonyl (C=O) groups is 3. The molecule has 0 bridgehead atoms. The molecule has 0 saturated carbocycles. The smallest absolute Gasteiger partial charge is 0.227 e. The summed E-state index contributed by atoms with van der Waals surface area (Å²) in [5, 5.41) is 1.64. The molecule has 0 aromatic heterocycles. The average Bonchev–Trinajstić information content (AvgIpc) is 3.59. The predicted octanol–water partition coefficient (Wildman–Crippen LogP) is 7.41. The minimum atomic E-state index is -0.267. The van der Waals surface area contributed by atoms with Gasteiger partial charge in [0.05, 0.1) is 13.2 Å². The fourth-order valence-electron chi connectivity index (χ4n) is 5.76. The Morgan fingerprint density at radius 2 is 1.43 bits per heavy atom.